The van der Waals surface area contributed by atoms with E-state index >= 15 is 0 Å². The van der Waals surface area contributed by atoms with Crippen molar-refractivity contribution < 1.29 is 4.42 Å². The third kappa shape index (κ3) is 13.9. The number of para-hydroxylation sites is 1. The van der Waals surface area contributed by atoms with Gasteiger partial charge in [0.15, 0.2) is 0 Å². The van der Waals surface area contributed by atoms with Gasteiger partial charge in [-0.3, -0.25) is 0 Å². The molecule has 28 rings (SSSR count). The predicted molar refractivity (Wildman–Crippen MR) is 584 cm³/mol. The van der Waals surface area contributed by atoms with Crippen molar-refractivity contribution >= 4 is 182 Å². The highest BCUT2D eigenvalue weighted by molar-refractivity contribution is 7.26. The summed E-state index contributed by atoms with van der Waals surface area (Å²) < 4.78 is 11.4. The highest BCUT2D eigenvalue weighted by Gasteiger charge is 2.23. The Kier molecular flexibility index (Phi) is 19.4. The lowest BCUT2D eigenvalue weighted by molar-refractivity contribution is 0.669. The van der Waals surface area contributed by atoms with Crippen LogP contribution in [-0.2, 0) is 0 Å². The van der Waals surface area contributed by atoms with E-state index in [-0.39, 0.29) is 0 Å². The highest BCUT2D eigenvalue weighted by atomic mass is 32.1. The first kappa shape index (κ1) is 79.1. The summed E-state index contributed by atoms with van der Waals surface area (Å²) in [6.07, 6.45) is 0. The van der Waals surface area contributed by atoms with E-state index in [9.17, 15) is 0 Å². The summed E-state index contributed by atoms with van der Waals surface area (Å²) in [7, 11) is 0. The van der Waals surface area contributed by atoms with Crippen LogP contribution in [0.25, 0.3) is 271 Å². The third-order valence-corrected chi connectivity index (χ3v) is 30.0. The van der Waals surface area contributed by atoms with Crippen molar-refractivity contribution in [1.29, 1.82) is 0 Å². The van der Waals surface area contributed by atoms with E-state index in [1.807, 2.05) is 34.8 Å². The maximum absolute atomic E-state index is 6.10. The summed E-state index contributed by atoms with van der Waals surface area (Å²) in [6.45, 7) is 0. The number of hydrogen-bond donors (Lipinski definition) is 0. The molecule has 0 saturated carbocycles. The molecule has 0 spiro atoms. The molecule has 0 atom stereocenters. The molecule has 0 saturated heterocycles. The molecule has 25 aromatic carbocycles. The molecule has 0 N–H and O–H groups in total. The van der Waals surface area contributed by atoms with Crippen LogP contribution >= 0.6 is 22.7 Å². The van der Waals surface area contributed by atoms with Gasteiger partial charge in [-0.05, 0) is 305 Å². The molecule has 3 aromatic heterocycles. The van der Waals surface area contributed by atoms with Gasteiger partial charge in [0.1, 0.15) is 11.2 Å². The van der Waals surface area contributed by atoms with Gasteiger partial charge in [-0.25, -0.2) is 0 Å². The van der Waals surface area contributed by atoms with Crippen LogP contribution in [0.15, 0.2) is 502 Å². The van der Waals surface area contributed by atoms with Crippen molar-refractivity contribution in [1.82, 2.24) is 0 Å². The minimum atomic E-state index is 0.919. The largest absolute Gasteiger partial charge is 0.456 e. The summed E-state index contributed by atoms with van der Waals surface area (Å²) in [5.74, 6) is 0. The third-order valence-electron chi connectivity index (χ3n) is 27.7. The fraction of sp³-hybridized carbons (Fsp3) is 0. The zero-order chi connectivity index (χ0) is 89.0. The summed E-state index contributed by atoms with van der Waals surface area (Å²) in [5, 5.41) is 31.0. The van der Waals surface area contributed by atoms with Crippen LogP contribution in [0.5, 0.6) is 0 Å². The second-order valence-corrected chi connectivity index (χ2v) is 37.6. The monoisotopic (exact) mass is 1750 g/mol. The molecule has 1 nitrogen and oxygen atoms in total. The van der Waals surface area contributed by atoms with Crippen molar-refractivity contribution in [2.45, 2.75) is 0 Å². The molecule has 0 radical (unpaired) electrons. The molecule has 135 heavy (non-hydrogen) atoms. The van der Waals surface area contributed by atoms with Gasteiger partial charge in [-0.1, -0.05) is 400 Å². The van der Waals surface area contributed by atoms with Crippen LogP contribution in [-0.4, -0.2) is 0 Å². The lowest BCUT2D eigenvalue weighted by Gasteiger charge is -2.17. The van der Waals surface area contributed by atoms with E-state index in [0.29, 0.717) is 0 Å². The predicted octanol–water partition coefficient (Wildman–Crippen LogP) is 38.7. The zero-order valence-corrected chi connectivity index (χ0v) is 75.2. The fourth-order valence-electron chi connectivity index (χ4n) is 21.4. The number of fused-ring (bicyclic) bond motifs is 27. The lowest BCUT2D eigenvalue weighted by atomic mass is 9.86. The van der Waals surface area contributed by atoms with Gasteiger partial charge >= 0.3 is 0 Å². The van der Waals surface area contributed by atoms with Crippen molar-refractivity contribution in [2.75, 3.05) is 0 Å². The molecule has 628 valence electrons. The zero-order valence-electron chi connectivity index (χ0n) is 73.6. The standard InChI is InChI=1S/C48H30S.C42H26O.C42H26S/c1-2-13-31(14-3-1)43-29-36(30-44-40-21-5-4-19-38(40)39-20-6-7-22-41(39)47(43)44)34-17-10-15-32(27-34)33-16-11-18-35(28-33)37-24-12-26-46-48(37)42-23-8-9-25-45(42)49-46;1-2-11-27(12-3-1)37-25-31(26-39-34-17-5-4-15-32(34)33-16-6-7-19-36(33)42(37)39)29-14-10-13-28(23-29)30-21-22-41-38(24-30)35-18-8-9-20-40(35)43-41;1-2-10-29(11-3-1)38-24-31(25-39-34-14-5-4-12-32(34)33-13-6-7-16-37(33)42(38)39)28-20-18-27(19-21-28)30-22-23-36-35-15-8-9-17-40(35)43-41(36)26-30/h1-30H;2*1-26H. The lowest BCUT2D eigenvalue weighted by Crippen LogP contribution is -1.90. The summed E-state index contributed by atoms with van der Waals surface area (Å²) in [6, 6.07) is 182. The molecule has 0 aliphatic carbocycles. The minimum absolute atomic E-state index is 0.919. The Balaban J connectivity index is 0.000000106. The van der Waals surface area contributed by atoms with Crippen molar-refractivity contribution in [3.8, 4) is 111 Å². The summed E-state index contributed by atoms with van der Waals surface area (Å²) in [4.78, 5) is 0. The number of thiophene rings is 2. The number of furan rings is 1. The Morgan fingerprint density at radius 2 is 0.385 bits per heavy atom. The Bertz CT molecular complexity index is 9610. The maximum Gasteiger partial charge on any atom is 0.135 e. The summed E-state index contributed by atoms with van der Waals surface area (Å²) >= 11 is 3.74. The van der Waals surface area contributed by atoms with Crippen LogP contribution in [0.3, 0.4) is 0 Å². The molecule has 28 aromatic rings. The van der Waals surface area contributed by atoms with E-state index in [1.54, 1.807) is 0 Å². The first-order valence-corrected chi connectivity index (χ1v) is 48.0. The van der Waals surface area contributed by atoms with Crippen LogP contribution < -0.4 is 0 Å². The average Bonchev–Trinajstić information content (AvgIpc) is 1.57. The fourth-order valence-corrected chi connectivity index (χ4v) is 23.7. The second kappa shape index (κ2) is 33.2. The number of benzene rings is 25. The van der Waals surface area contributed by atoms with E-state index < -0.39 is 0 Å². The van der Waals surface area contributed by atoms with Gasteiger partial charge in [0.2, 0.25) is 0 Å². The number of hydrogen-bond acceptors (Lipinski definition) is 3. The molecule has 0 amide bonds. The van der Waals surface area contributed by atoms with Gasteiger partial charge in [0.05, 0.1) is 0 Å². The molecule has 0 aliphatic heterocycles. The molecular weight excluding hydrogens is 1670 g/mol. The van der Waals surface area contributed by atoms with Crippen LogP contribution in [0.4, 0.5) is 0 Å². The second-order valence-electron chi connectivity index (χ2n) is 35.4. The van der Waals surface area contributed by atoms with Crippen LogP contribution in [0, 0.1) is 0 Å². The topological polar surface area (TPSA) is 13.1 Å². The van der Waals surface area contributed by atoms with Gasteiger partial charge in [0, 0.05) is 51.1 Å². The maximum atomic E-state index is 6.10. The van der Waals surface area contributed by atoms with E-state index in [0.717, 1.165) is 21.9 Å². The minimum Gasteiger partial charge on any atom is -0.456 e. The van der Waals surface area contributed by atoms with Gasteiger partial charge in [-0.2, -0.15) is 0 Å². The van der Waals surface area contributed by atoms with Gasteiger partial charge < -0.3 is 4.42 Å². The Hall–Kier alpha value is -16.9. The Morgan fingerprint density at radius 3 is 0.852 bits per heavy atom. The Labute approximate surface area is 788 Å². The van der Waals surface area contributed by atoms with Crippen LogP contribution in [0.2, 0.25) is 0 Å². The molecule has 0 aliphatic rings. The van der Waals surface area contributed by atoms with Crippen molar-refractivity contribution in [3.63, 3.8) is 0 Å². The smallest absolute Gasteiger partial charge is 0.135 e. The van der Waals surface area contributed by atoms with E-state index in [2.05, 4.69) is 485 Å². The van der Waals surface area contributed by atoms with Crippen molar-refractivity contribution in [2.24, 2.45) is 0 Å². The van der Waals surface area contributed by atoms with Gasteiger partial charge in [0.25, 0.3) is 0 Å². The summed E-state index contributed by atoms with van der Waals surface area (Å²) in [5.41, 5.74) is 26.5. The first-order chi connectivity index (χ1) is 66.9. The normalized spacial score (nSPS) is 11.7. The molecule has 0 bridgehead atoms. The molecule has 0 fully saturated rings. The molecular formula is C132H82OS2. The van der Waals surface area contributed by atoms with Crippen LogP contribution in [0.1, 0.15) is 0 Å². The molecule has 0 unspecified atom stereocenters. The molecule has 3 heteroatoms. The van der Waals surface area contributed by atoms with E-state index in [4.69, 9.17) is 4.42 Å². The van der Waals surface area contributed by atoms with E-state index in [1.165, 1.54) is 249 Å². The number of rotatable bonds is 10. The SMILES string of the molecule is c1ccc(-c2cc(-c3ccc(-c4ccc5c(c4)sc4ccccc45)cc3)cc3c4ccccc4c4ccccc4c23)cc1.c1ccc(-c2cc(-c3cccc(-c4ccc5oc6ccccc6c5c4)c3)cc3c4ccccc4c4ccccc4c23)cc1.c1ccc(-c2cc(-c3cccc(-c4cccc(-c5cccc6sc7ccccc7c56)c4)c3)cc3c4ccccc4c4ccccc4c23)cc1. The Morgan fingerprint density at radius 1 is 0.111 bits per heavy atom. The first-order valence-electron chi connectivity index (χ1n) is 46.4. The van der Waals surface area contributed by atoms with Gasteiger partial charge in [-0.15, -0.1) is 22.7 Å². The van der Waals surface area contributed by atoms with Crippen molar-refractivity contribution in [3.05, 3.63) is 497 Å². The average molecular weight is 1750 g/mol. The molecule has 3 heterocycles. The quantitative estimate of drug-likeness (QED) is 0.124. The highest BCUT2D eigenvalue weighted by Crippen LogP contribution is 2.50.